The van der Waals surface area contributed by atoms with Crippen molar-refractivity contribution in [1.82, 2.24) is 10.1 Å². The van der Waals surface area contributed by atoms with Gasteiger partial charge in [-0.3, -0.25) is 9.59 Å². The minimum Gasteiger partial charge on any atom is -0.383 e. The average molecular weight is 377 g/mol. The number of carbonyl (C=O) groups excluding carboxylic acids is 2. The molecule has 0 fully saturated rings. The van der Waals surface area contributed by atoms with E-state index in [9.17, 15) is 9.59 Å². The van der Waals surface area contributed by atoms with Crippen molar-refractivity contribution in [2.45, 2.75) is 13.5 Å². The van der Waals surface area contributed by atoms with Crippen molar-refractivity contribution in [3.63, 3.8) is 0 Å². The fraction of sp³-hybridized carbons (Fsp3) is 0.389. The monoisotopic (exact) mass is 377 g/mol. The summed E-state index contributed by atoms with van der Waals surface area (Å²) in [6.07, 6.45) is 0. The van der Waals surface area contributed by atoms with Gasteiger partial charge in [-0.1, -0.05) is 35.5 Å². The molecule has 1 heterocycles. The molecule has 2 rings (SSSR count). The first-order valence-electron chi connectivity index (χ1n) is 8.20. The summed E-state index contributed by atoms with van der Waals surface area (Å²) >= 11 is 1.27. The molecule has 140 valence electrons. The van der Waals surface area contributed by atoms with E-state index >= 15 is 0 Å². The van der Waals surface area contributed by atoms with Crippen LogP contribution in [0, 0.1) is 6.92 Å². The van der Waals surface area contributed by atoms with Gasteiger partial charge in [-0.15, -0.1) is 11.8 Å². The van der Waals surface area contributed by atoms with Crippen LogP contribution in [-0.2, 0) is 20.9 Å². The second kappa shape index (κ2) is 10.6. The highest BCUT2D eigenvalue weighted by molar-refractivity contribution is 8.00. The summed E-state index contributed by atoms with van der Waals surface area (Å²) in [5, 5.41) is 6.33. The Bertz CT molecular complexity index is 705. The quantitative estimate of drug-likeness (QED) is 0.684. The van der Waals surface area contributed by atoms with Gasteiger partial charge in [0, 0.05) is 26.3 Å². The highest BCUT2D eigenvalue weighted by atomic mass is 32.2. The Labute approximate surface area is 157 Å². The number of aryl methyl sites for hydroxylation is 1. The number of hydrogen-bond acceptors (Lipinski definition) is 6. The van der Waals surface area contributed by atoms with Crippen molar-refractivity contribution in [2.75, 3.05) is 37.1 Å². The topological polar surface area (TPSA) is 84.7 Å². The Morgan fingerprint density at radius 1 is 1.27 bits per heavy atom. The number of carbonyl (C=O) groups is 2. The second-order valence-corrected chi connectivity index (χ2v) is 6.64. The summed E-state index contributed by atoms with van der Waals surface area (Å²) in [6.45, 7) is 3.25. The third-order valence-corrected chi connectivity index (χ3v) is 4.41. The van der Waals surface area contributed by atoms with Gasteiger partial charge in [-0.25, -0.2) is 0 Å². The first-order valence-corrected chi connectivity index (χ1v) is 9.35. The molecule has 0 unspecified atom stereocenters. The van der Waals surface area contributed by atoms with Crippen LogP contribution in [0.4, 0.5) is 5.82 Å². The lowest BCUT2D eigenvalue weighted by Gasteiger charge is -2.22. The lowest BCUT2D eigenvalue weighted by molar-refractivity contribution is -0.129. The third kappa shape index (κ3) is 6.89. The number of aromatic nitrogens is 1. The predicted molar refractivity (Wildman–Crippen MR) is 101 cm³/mol. The molecule has 0 aliphatic carbocycles. The Morgan fingerprint density at radius 2 is 2.04 bits per heavy atom. The van der Waals surface area contributed by atoms with Gasteiger partial charge in [0.1, 0.15) is 5.76 Å². The second-order valence-electron chi connectivity index (χ2n) is 5.66. The molecule has 0 saturated carbocycles. The number of amides is 2. The van der Waals surface area contributed by atoms with Crippen molar-refractivity contribution in [1.29, 1.82) is 0 Å². The van der Waals surface area contributed by atoms with E-state index in [1.807, 2.05) is 30.3 Å². The molecule has 0 aliphatic rings. The van der Waals surface area contributed by atoms with E-state index in [0.717, 1.165) is 5.56 Å². The van der Waals surface area contributed by atoms with Gasteiger partial charge >= 0.3 is 0 Å². The van der Waals surface area contributed by atoms with Gasteiger partial charge in [0.25, 0.3) is 0 Å². The summed E-state index contributed by atoms with van der Waals surface area (Å²) < 4.78 is 9.98. The fourth-order valence-electron chi connectivity index (χ4n) is 2.22. The maximum atomic E-state index is 12.5. The molecule has 1 aromatic heterocycles. The standard InChI is InChI=1S/C18H23N3O4S/c1-14-10-16(20-25-14)19-17(22)12-26-13-18(23)21(8-9-24-2)11-15-6-4-3-5-7-15/h3-7,10H,8-9,11-13H2,1-2H3,(H,19,20,22). The third-order valence-electron chi connectivity index (χ3n) is 3.49. The van der Waals surface area contributed by atoms with Crippen LogP contribution >= 0.6 is 11.8 Å². The Balaban J connectivity index is 1.79. The number of methoxy groups -OCH3 is 1. The molecule has 26 heavy (non-hydrogen) atoms. The van der Waals surface area contributed by atoms with Crippen molar-refractivity contribution >= 4 is 29.4 Å². The number of nitrogens with one attached hydrogen (secondary N) is 1. The number of anilines is 1. The number of ether oxygens (including phenoxy) is 1. The number of nitrogens with zero attached hydrogens (tertiary/aromatic N) is 2. The summed E-state index contributed by atoms with van der Waals surface area (Å²) in [5.41, 5.74) is 1.06. The van der Waals surface area contributed by atoms with E-state index in [4.69, 9.17) is 9.26 Å². The average Bonchev–Trinajstić information content (AvgIpc) is 3.04. The maximum absolute atomic E-state index is 12.5. The molecule has 0 bridgehead atoms. The zero-order valence-corrected chi connectivity index (χ0v) is 15.8. The minimum atomic E-state index is -0.220. The van der Waals surface area contributed by atoms with Crippen LogP contribution in [0.15, 0.2) is 40.9 Å². The van der Waals surface area contributed by atoms with Crippen LogP contribution in [-0.4, -0.2) is 53.6 Å². The molecule has 1 aromatic carbocycles. The molecule has 0 aliphatic heterocycles. The number of thioether (sulfide) groups is 1. The van der Waals surface area contributed by atoms with Crippen LogP contribution < -0.4 is 5.32 Å². The lowest BCUT2D eigenvalue weighted by Crippen LogP contribution is -2.35. The SMILES string of the molecule is COCCN(Cc1ccccc1)C(=O)CSCC(=O)Nc1cc(C)on1. The van der Waals surface area contributed by atoms with Crippen LogP contribution in [0.2, 0.25) is 0 Å². The first kappa shape index (κ1) is 20.0. The van der Waals surface area contributed by atoms with Gasteiger partial charge in [0.15, 0.2) is 5.82 Å². The van der Waals surface area contributed by atoms with Crippen LogP contribution in [0.25, 0.3) is 0 Å². The van der Waals surface area contributed by atoms with Gasteiger partial charge in [-0.2, -0.15) is 0 Å². The molecule has 0 radical (unpaired) electrons. The highest BCUT2D eigenvalue weighted by Crippen LogP contribution is 2.10. The van der Waals surface area contributed by atoms with Crippen molar-refractivity contribution < 1.29 is 18.8 Å². The van der Waals surface area contributed by atoms with Gasteiger partial charge in [0.2, 0.25) is 11.8 Å². The molecule has 1 N–H and O–H groups in total. The zero-order valence-electron chi connectivity index (χ0n) is 14.9. The summed E-state index contributed by atoms with van der Waals surface area (Å²) in [7, 11) is 1.61. The van der Waals surface area contributed by atoms with Gasteiger partial charge < -0.3 is 19.5 Å². The van der Waals surface area contributed by atoms with Crippen LogP contribution in [0.3, 0.4) is 0 Å². The molecule has 2 aromatic rings. The predicted octanol–water partition coefficient (Wildman–Crippen LogP) is 2.33. The number of hydrogen-bond donors (Lipinski definition) is 1. The number of benzene rings is 1. The van der Waals surface area contributed by atoms with E-state index in [0.29, 0.717) is 31.3 Å². The van der Waals surface area contributed by atoms with E-state index in [1.54, 1.807) is 25.0 Å². The molecular formula is C18H23N3O4S. The number of rotatable bonds is 10. The van der Waals surface area contributed by atoms with Gasteiger partial charge in [0.05, 0.1) is 18.1 Å². The lowest BCUT2D eigenvalue weighted by atomic mass is 10.2. The van der Waals surface area contributed by atoms with Crippen molar-refractivity contribution in [3.05, 3.63) is 47.7 Å². The Morgan fingerprint density at radius 3 is 2.69 bits per heavy atom. The van der Waals surface area contributed by atoms with Crippen LogP contribution in [0.1, 0.15) is 11.3 Å². The maximum Gasteiger partial charge on any atom is 0.235 e. The highest BCUT2D eigenvalue weighted by Gasteiger charge is 2.15. The van der Waals surface area contributed by atoms with E-state index in [1.165, 1.54) is 11.8 Å². The van der Waals surface area contributed by atoms with Crippen molar-refractivity contribution in [2.24, 2.45) is 0 Å². The van der Waals surface area contributed by atoms with Crippen LogP contribution in [0.5, 0.6) is 0 Å². The molecule has 8 heteroatoms. The summed E-state index contributed by atoms with van der Waals surface area (Å²) in [4.78, 5) is 26.1. The van der Waals surface area contributed by atoms with Gasteiger partial charge in [-0.05, 0) is 12.5 Å². The molecule has 2 amide bonds. The molecule has 0 spiro atoms. The fourth-order valence-corrected chi connectivity index (χ4v) is 2.94. The molecule has 0 saturated heterocycles. The molecule has 0 atom stereocenters. The molecule has 7 nitrogen and oxygen atoms in total. The van der Waals surface area contributed by atoms with E-state index in [2.05, 4.69) is 10.5 Å². The normalized spacial score (nSPS) is 10.5. The smallest absolute Gasteiger partial charge is 0.235 e. The van der Waals surface area contributed by atoms with E-state index in [-0.39, 0.29) is 23.3 Å². The largest absolute Gasteiger partial charge is 0.383 e. The zero-order chi connectivity index (χ0) is 18.8. The Kier molecular flexibility index (Phi) is 8.17. The Hall–Kier alpha value is -2.32. The minimum absolute atomic E-state index is 0.0269. The van der Waals surface area contributed by atoms with E-state index < -0.39 is 0 Å². The van der Waals surface area contributed by atoms with Crippen molar-refractivity contribution in [3.8, 4) is 0 Å². The summed E-state index contributed by atoms with van der Waals surface area (Å²) in [6, 6.07) is 11.4. The molecular weight excluding hydrogens is 354 g/mol. The first-order chi connectivity index (χ1) is 12.6. The summed E-state index contributed by atoms with van der Waals surface area (Å²) in [5.74, 6) is 1.15.